The number of nitrogens with two attached hydrogens (primary N) is 1. The molecular weight excluding hydrogens is 286 g/mol. The number of rotatable bonds is 7. The highest BCUT2D eigenvalue weighted by Gasteiger charge is 2.04. The second kappa shape index (κ2) is 8.16. The van der Waals surface area contributed by atoms with Crippen molar-refractivity contribution in [2.75, 3.05) is 24.6 Å². The molecular formula is C15H17N3O2S. The molecule has 0 saturated carbocycles. The lowest BCUT2D eigenvalue weighted by Crippen LogP contribution is -2.29. The number of nitrogens with one attached hydrogen (secondary N) is 1. The Labute approximate surface area is 127 Å². The quantitative estimate of drug-likeness (QED) is 0.604. The van der Waals surface area contributed by atoms with Gasteiger partial charge in [0.2, 0.25) is 5.91 Å². The van der Waals surface area contributed by atoms with Crippen LogP contribution in [0, 0.1) is 0 Å². The number of ether oxygens (including phenoxy) is 1. The molecule has 0 fully saturated rings. The molecule has 0 aliphatic rings. The summed E-state index contributed by atoms with van der Waals surface area (Å²) in [5.74, 6) is 1.07. The average Bonchev–Trinajstić information content (AvgIpc) is 2.52. The van der Waals surface area contributed by atoms with Gasteiger partial charge in [-0.15, -0.1) is 11.8 Å². The van der Waals surface area contributed by atoms with E-state index in [2.05, 4.69) is 10.3 Å². The van der Waals surface area contributed by atoms with Gasteiger partial charge in [0, 0.05) is 11.1 Å². The minimum atomic E-state index is -0.0483. The first-order chi connectivity index (χ1) is 10.3. The summed E-state index contributed by atoms with van der Waals surface area (Å²) in [6.45, 7) is 0.915. The number of hydrogen-bond acceptors (Lipinski definition) is 5. The standard InChI is InChI=1S/C15H17N3O2S/c16-13-10-17-7-6-14(13)21-11-15(19)18-8-9-20-12-4-2-1-3-5-12/h1-7,10H,8-9,11,16H2,(H,18,19). The number of pyridine rings is 1. The van der Waals surface area contributed by atoms with E-state index < -0.39 is 0 Å². The van der Waals surface area contributed by atoms with Gasteiger partial charge in [-0.05, 0) is 18.2 Å². The average molecular weight is 303 g/mol. The molecule has 2 aromatic rings. The predicted molar refractivity (Wildman–Crippen MR) is 84.3 cm³/mol. The molecule has 0 bridgehead atoms. The molecule has 0 atom stereocenters. The fraction of sp³-hybridized carbons (Fsp3) is 0.200. The van der Waals surface area contributed by atoms with Crippen LogP contribution in [0.2, 0.25) is 0 Å². The Balaban J connectivity index is 1.63. The van der Waals surface area contributed by atoms with E-state index in [1.54, 1.807) is 18.5 Å². The van der Waals surface area contributed by atoms with Crippen LogP contribution in [-0.4, -0.2) is 29.8 Å². The summed E-state index contributed by atoms with van der Waals surface area (Å²) >= 11 is 1.39. The van der Waals surface area contributed by atoms with Crippen LogP contribution in [0.4, 0.5) is 5.69 Å². The zero-order valence-electron chi connectivity index (χ0n) is 11.5. The van der Waals surface area contributed by atoms with Crippen molar-refractivity contribution < 1.29 is 9.53 Å². The summed E-state index contributed by atoms with van der Waals surface area (Å²) in [6, 6.07) is 11.3. The molecule has 1 heterocycles. The van der Waals surface area contributed by atoms with E-state index in [4.69, 9.17) is 10.5 Å². The van der Waals surface area contributed by atoms with Crippen LogP contribution in [-0.2, 0) is 4.79 Å². The van der Waals surface area contributed by atoms with E-state index in [0.29, 0.717) is 24.6 Å². The van der Waals surface area contributed by atoms with Gasteiger partial charge in [0.1, 0.15) is 12.4 Å². The van der Waals surface area contributed by atoms with Gasteiger partial charge in [0.05, 0.1) is 24.2 Å². The summed E-state index contributed by atoms with van der Waals surface area (Å²) in [7, 11) is 0. The Morgan fingerprint density at radius 3 is 2.86 bits per heavy atom. The topological polar surface area (TPSA) is 77.2 Å². The van der Waals surface area contributed by atoms with Crippen molar-refractivity contribution in [3.05, 3.63) is 48.8 Å². The highest BCUT2D eigenvalue weighted by molar-refractivity contribution is 8.00. The van der Waals surface area contributed by atoms with Crippen molar-refractivity contribution in [2.24, 2.45) is 0 Å². The molecule has 3 N–H and O–H groups in total. The van der Waals surface area contributed by atoms with Crippen LogP contribution in [0.3, 0.4) is 0 Å². The molecule has 21 heavy (non-hydrogen) atoms. The molecule has 0 spiro atoms. The van der Waals surface area contributed by atoms with Gasteiger partial charge in [-0.25, -0.2) is 0 Å². The predicted octanol–water partition coefficient (Wildman–Crippen LogP) is 1.95. The summed E-state index contributed by atoms with van der Waals surface area (Å²) in [5, 5.41) is 2.80. The van der Waals surface area contributed by atoms with Gasteiger partial charge in [-0.1, -0.05) is 18.2 Å². The molecule has 1 aromatic carbocycles. The third kappa shape index (κ3) is 5.35. The summed E-state index contributed by atoms with van der Waals surface area (Å²) in [5.41, 5.74) is 6.34. The number of para-hydroxylation sites is 1. The number of aromatic nitrogens is 1. The number of nitrogens with zero attached hydrogens (tertiary/aromatic N) is 1. The first-order valence-corrected chi connectivity index (χ1v) is 7.51. The lowest BCUT2D eigenvalue weighted by molar-refractivity contribution is -0.118. The van der Waals surface area contributed by atoms with Crippen LogP contribution in [0.15, 0.2) is 53.7 Å². The Bertz CT molecular complexity index is 578. The molecule has 1 amide bonds. The molecule has 0 aliphatic heterocycles. The van der Waals surface area contributed by atoms with Gasteiger partial charge in [0.15, 0.2) is 0 Å². The van der Waals surface area contributed by atoms with Crippen molar-refractivity contribution in [1.82, 2.24) is 10.3 Å². The molecule has 6 heteroatoms. The molecule has 0 radical (unpaired) electrons. The Morgan fingerprint density at radius 2 is 2.10 bits per heavy atom. The molecule has 0 unspecified atom stereocenters. The van der Waals surface area contributed by atoms with Crippen molar-refractivity contribution >= 4 is 23.4 Å². The number of carbonyl (C=O) groups excluding carboxylic acids is 1. The number of carbonyl (C=O) groups is 1. The van der Waals surface area contributed by atoms with E-state index in [9.17, 15) is 4.79 Å². The highest BCUT2D eigenvalue weighted by Crippen LogP contribution is 2.22. The maximum atomic E-state index is 11.7. The molecule has 5 nitrogen and oxygen atoms in total. The van der Waals surface area contributed by atoms with E-state index >= 15 is 0 Å². The third-order valence-electron chi connectivity index (χ3n) is 2.61. The second-order valence-electron chi connectivity index (χ2n) is 4.21. The van der Waals surface area contributed by atoms with E-state index in [0.717, 1.165) is 10.6 Å². The van der Waals surface area contributed by atoms with Crippen LogP contribution >= 0.6 is 11.8 Å². The maximum Gasteiger partial charge on any atom is 0.230 e. The van der Waals surface area contributed by atoms with E-state index in [1.165, 1.54) is 11.8 Å². The minimum Gasteiger partial charge on any atom is -0.492 e. The maximum absolute atomic E-state index is 11.7. The Hall–Kier alpha value is -2.21. The first-order valence-electron chi connectivity index (χ1n) is 6.52. The van der Waals surface area contributed by atoms with Gasteiger partial charge < -0.3 is 15.8 Å². The molecule has 1 aromatic heterocycles. The number of hydrogen-bond donors (Lipinski definition) is 2. The smallest absolute Gasteiger partial charge is 0.230 e. The van der Waals surface area contributed by atoms with Crippen molar-refractivity contribution in [1.29, 1.82) is 0 Å². The Kier molecular flexibility index (Phi) is 5.90. The van der Waals surface area contributed by atoms with Crippen LogP contribution in [0.1, 0.15) is 0 Å². The normalized spacial score (nSPS) is 10.1. The number of thioether (sulfide) groups is 1. The lowest BCUT2D eigenvalue weighted by Gasteiger charge is -2.08. The lowest BCUT2D eigenvalue weighted by atomic mass is 10.3. The van der Waals surface area contributed by atoms with Gasteiger partial charge in [-0.3, -0.25) is 9.78 Å². The largest absolute Gasteiger partial charge is 0.492 e. The van der Waals surface area contributed by atoms with Crippen molar-refractivity contribution in [3.8, 4) is 5.75 Å². The fourth-order valence-corrected chi connectivity index (χ4v) is 2.36. The molecule has 0 aliphatic carbocycles. The highest BCUT2D eigenvalue weighted by atomic mass is 32.2. The number of anilines is 1. The molecule has 2 rings (SSSR count). The number of benzene rings is 1. The van der Waals surface area contributed by atoms with Crippen molar-refractivity contribution in [3.63, 3.8) is 0 Å². The van der Waals surface area contributed by atoms with Gasteiger partial charge >= 0.3 is 0 Å². The van der Waals surface area contributed by atoms with Crippen LogP contribution < -0.4 is 15.8 Å². The third-order valence-corrected chi connectivity index (χ3v) is 3.69. The summed E-state index contributed by atoms with van der Waals surface area (Å²) < 4.78 is 5.49. The van der Waals surface area contributed by atoms with Gasteiger partial charge in [-0.2, -0.15) is 0 Å². The number of nitrogen functional groups attached to an aromatic ring is 1. The Morgan fingerprint density at radius 1 is 1.29 bits per heavy atom. The van der Waals surface area contributed by atoms with Crippen LogP contribution in [0.5, 0.6) is 5.75 Å². The van der Waals surface area contributed by atoms with E-state index in [1.807, 2.05) is 30.3 Å². The fourth-order valence-electron chi connectivity index (χ4n) is 1.60. The monoisotopic (exact) mass is 303 g/mol. The molecule has 0 saturated heterocycles. The van der Waals surface area contributed by atoms with Crippen LogP contribution in [0.25, 0.3) is 0 Å². The minimum absolute atomic E-state index is 0.0483. The summed E-state index contributed by atoms with van der Waals surface area (Å²) in [4.78, 5) is 16.5. The SMILES string of the molecule is Nc1cnccc1SCC(=O)NCCOc1ccccc1. The zero-order chi connectivity index (χ0) is 14.9. The zero-order valence-corrected chi connectivity index (χ0v) is 12.3. The summed E-state index contributed by atoms with van der Waals surface area (Å²) in [6.07, 6.45) is 3.23. The molecule has 110 valence electrons. The van der Waals surface area contributed by atoms with Crippen molar-refractivity contribution in [2.45, 2.75) is 4.90 Å². The number of amides is 1. The first kappa shape index (κ1) is 15.2. The van der Waals surface area contributed by atoms with Gasteiger partial charge in [0.25, 0.3) is 0 Å². The second-order valence-corrected chi connectivity index (χ2v) is 5.23. The van der Waals surface area contributed by atoms with E-state index in [-0.39, 0.29) is 5.91 Å².